The lowest BCUT2D eigenvalue weighted by molar-refractivity contribution is -0.134. The van der Waals surface area contributed by atoms with Gasteiger partial charge in [0.1, 0.15) is 14.7 Å². The van der Waals surface area contributed by atoms with Crippen molar-refractivity contribution >= 4 is 46.1 Å². The van der Waals surface area contributed by atoms with Gasteiger partial charge >= 0.3 is 17.5 Å². The van der Waals surface area contributed by atoms with Crippen LogP contribution in [-0.2, 0) is 4.79 Å². The van der Waals surface area contributed by atoms with Crippen LogP contribution in [0.25, 0.3) is 17.5 Å². The first-order valence-corrected chi connectivity index (χ1v) is 6.18. The second-order valence-corrected chi connectivity index (χ2v) is 4.92. The van der Waals surface area contributed by atoms with Crippen LogP contribution >= 0.6 is 22.6 Å². The van der Waals surface area contributed by atoms with E-state index in [2.05, 4.69) is 6.58 Å². The molecule has 2 rings (SSSR count). The average Bonchev–Trinajstić information content (AvgIpc) is 2.64. The molecule has 0 aliphatic rings. The summed E-state index contributed by atoms with van der Waals surface area (Å²) in [5.74, 6) is -0.682. The van der Waals surface area contributed by atoms with Gasteiger partial charge in [0.15, 0.2) is 0 Å². The highest BCUT2D eigenvalue weighted by Gasteiger charge is 2.20. The quantitative estimate of drug-likeness (QED) is 0.479. The molecule has 2 aromatic heterocycles. The van der Waals surface area contributed by atoms with Gasteiger partial charge in [-0.05, 0) is 6.42 Å². The smallest absolute Gasteiger partial charge is 0.349 e. The van der Waals surface area contributed by atoms with Gasteiger partial charge in [0, 0.05) is 6.07 Å². The van der Waals surface area contributed by atoms with E-state index in [0.717, 1.165) is 0 Å². The van der Waals surface area contributed by atoms with Crippen molar-refractivity contribution in [3.63, 3.8) is 0 Å². The summed E-state index contributed by atoms with van der Waals surface area (Å²) in [6.07, 6.45) is 0.630. The number of carbonyl (C=O) groups excluding carboxylic acids is 1. The molecule has 2 aromatic rings. The van der Waals surface area contributed by atoms with Crippen molar-refractivity contribution in [1.82, 2.24) is 0 Å². The Morgan fingerprint density at radius 3 is 2.94 bits per heavy atom. The lowest BCUT2D eigenvalue weighted by Gasteiger charge is -2.05. The second kappa shape index (κ2) is 4.52. The number of rotatable bonds is 3. The highest BCUT2D eigenvalue weighted by atomic mass is 127. The summed E-state index contributed by atoms with van der Waals surface area (Å²) in [4.78, 5) is 23.0. The largest absolute Gasteiger partial charge is 0.450 e. The summed E-state index contributed by atoms with van der Waals surface area (Å²) >= 11 is 1.96. The molecule has 1 atom stereocenters. The molecule has 0 amide bonds. The third-order valence-corrected chi connectivity index (χ3v) is 3.61. The van der Waals surface area contributed by atoms with Crippen molar-refractivity contribution in [1.29, 1.82) is 0 Å². The van der Waals surface area contributed by atoms with E-state index in [1.165, 1.54) is 6.07 Å². The van der Waals surface area contributed by atoms with Crippen molar-refractivity contribution in [2.75, 3.05) is 0 Å². The fourth-order valence-electron chi connectivity index (χ4n) is 1.28. The predicted octanol–water partition coefficient (Wildman–Crippen LogP) is 1.63. The van der Waals surface area contributed by atoms with Crippen molar-refractivity contribution in [3.05, 3.63) is 21.9 Å². The number of furan rings is 1. The Kier molecular flexibility index (Phi) is 3.23. The van der Waals surface area contributed by atoms with Crippen molar-refractivity contribution in [3.8, 4) is 5.95 Å². The number of alkyl halides is 1. The number of hydrogen-bond acceptors (Lipinski definition) is 5. The van der Waals surface area contributed by atoms with E-state index in [9.17, 15) is 9.59 Å². The van der Waals surface area contributed by atoms with E-state index in [0.29, 0.717) is 6.42 Å². The number of hydrogen-bond donors (Lipinski definition) is 0. The highest BCUT2D eigenvalue weighted by molar-refractivity contribution is 14.1. The fourth-order valence-corrected chi connectivity index (χ4v) is 1.41. The molecule has 90 valence electrons. The van der Waals surface area contributed by atoms with E-state index < -0.39 is 11.6 Å². The Labute approximate surface area is 110 Å². The molecule has 0 saturated heterocycles. The summed E-state index contributed by atoms with van der Waals surface area (Å²) in [6.45, 7) is 5.40. The van der Waals surface area contributed by atoms with Crippen molar-refractivity contribution < 1.29 is 18.4 Å². The van der Waals surface area contributed by atoms with E-state index in [-0.39, 0.29) is 26.3 Å². The first-order chi connectivity index (χ1) is 8.02. The second-order valence-electron chi connectivity index (χ2n) is 3.42. The van der Waals surface area contributed by atoms with Crippen LogP contribution in [0.2, 0.25) is 0 Å². The van der Waals surface area contributed by atoms with Gasteiger partial charge in [-0.15, -0.1) is 0 Å². The Balaban J connectivity index is 2.40. The van der Waals surface area contributed by atoms with Gasteiger partial charge in [-0.2, -0.15) is 0 Å². The zero-order chi connectivity index (χ0) is 12.6. The molecule has 2 heterocycles. The van der Waals surface area contributed by atoms with Crippen LogP contribution in [-0.4, -0.2) is 9.89 Å². The van der Waals surface area contributed by atoms with E-state index in [1.807, 2.05) is 29.5 Å². The molecule has 5 nitrogen and oxygen atoms in total. The molecule has 6 heteroatoms. The summed E-state index contributed by atoms with van der Waals surface area (Å²) in [5.41, 5.74) is -0.212. The number of fused-ring (bicyclic) bond motifs is 2. The molecule has 0 aromatic carbocycles. The van der Waals surface area contributed by atoms with Gasteiger partial charge in [-0.25, -0.2) is 4.79 Å². The van der Waals surface area contributed by atoms with Crippen molar-refractivity contribution in [2.45, 2.75) is 17.3 Å². The Morgan fingerprint density at radius 1 is 1.59 bits per heavy atom. The van der Waals surface area contributed by atoms with Gasteiger partial charge in [-0.3, -0.25) is 4.79 Å². The van der Waals surface area contributed by atoms with Crippen LogP contribution in [0.15, 0.2) is 19.7 Å². The summed E-state index contributed by atoms with van der Waals surface area (Å²) in [7, 11) is 0. The van der Waals surface area contributed by atoms with Crippen molar-refractivity contribution in [2.24, 2.45) is 0 Å². The molecule has 0 radical (unpaired) electrons. The minimum Gasteiger partial charge on any atom is -0.450 e. The Bertz CT molecular complexity index is 653. The summed E-state index contributed by atoms with van der Waals surface area (Å²) in [6, 6.07) is 1.45. The molecular formula is C11H9IO5. The maximum Gasteiger partial charge on any atom is 0.349 e. The maximum absolute atomic E-state index is 11.6. The van der Waals surface area contributed by atoms with Crippen LogP contribution in [0, 0.1) is 0 Å². The SMILES string of the molecule is C=c1oc2cc1c(=O)oc2OC(=O)C(I)CC. The average molecular weight is 348 g/mol. The Morgan fingerprint density at radius 2 is 2.29 bits per heavy atom. The van der Waals surface area contributed by atoms with Crippen LogP contribution < -0.4 is 15.8 Å². The zero-order valence-corrected chi connectivity index (χ0v) is 11.1. The molecule has 0 spiro atoms. The Hall–Kier alpha value is -1.31. The molecule has 2 bridgehead atoms. The lowest BCUT2D eigenvalue weighted by atomic mass is 10.3. The number of carbonyl (C=O) groups is 1. The zero-order valence-electron chi connectivity index (χ0n) is 8.99. The first kappa shape index (κ1) is 12.2. The van der Waals surface area contributed by atoms with Crippen LogP contribution in [0.3, 0.4) is 0 Å². The molecular weight excluding hydrogens is 339 g/mol. The topological polar surface area (TPSA) is 69.7 Å². The van der Waals surface area contributed by atoms with Gasteiger partial charge in [0.2, 0.25) is 5.58 Å². The minimum absolute atomic E-state index is 0.206. The number of ether oxygens (including phenoxy) is 1. The third kappa shape index (κ3) is 2.21. The van der Waals surface area contributed by atoms with E-state index in [4.69, 9.17) is 13.6 Å². The molecule has 17 heavy (non-hydrogen) atoms. The lowest BCUT2D eigenvalue weighted by Crippen LogP contribution is -2.20. The minimum atomic E-state index is -0.624. The van der Waals surface area contributed by atoms with Crippen LogP contribution in [0.5, 0.6) is 5.95 Å². The number of halogens is 1. The third-order valence-electron chi connectivity index (χ3n) is 2.22. The monoisotopic (exact) mass is 348 g/mol. The molecule has 0 N–H and O–H groups in total. The van der Waals surface area contributed by atoms with Gasteiger partial charge in [0.05, 0.1) is 0 Å². The van der Waals surface area contributed by atoms with E-state index in [1.54, 1.807) is 0 Å². The fraction of sp³-hybridized carbons (Fsp3) is 0.273. The van der Waals surface area contributed by atoms with Gasteiger partial charge in [0.25, 0.3) is 0 Å². The van der Waals surface area contributed by atoms with Gasteiger partial charge in [-0.1, -0.05) is 36.1 Å². The standard InChI is InChI=1S/C11H9IO5/c1-3-7(12)10(14)17-11-8-4-6(5(2)15-8)9(13)16-11/h4,7H,2-3H2,1H3. The molecule has 0 aliphatic heterocycles. The summed E-state index contributed by atoms with van der Waals surface area (Å²) < 4.78 is 14.7. The molecule has 0 aliphatic carbocycles. The summed E-state index contributed by atoms with van der Waals surface area (Å²) in [5, 5.41) is 0.251. The van der Waals surface area contributed by atoms with Gasteiger partial charge < -0.3 is 13.6 Å². The maximum atomic E-state index is 11.6. The number of esters is 1. The van der Waals surface area contributed by atoms with Crippen LogP contribution in [0.4, 0.5) is 0 Å². The molecule has 0 fully saturated rings. The highest BCUT2D eigenvalue weighted by Crippen LogP contribution is 2.21. The van der Waals surface area contributed by atoms with Crippen LogP contribution in [0.1, 0.15) is 13.3 Å². The van der Waals surface area contributed by atoms with E-state index >= 15 is 0 Å². The first-order valence-electron chi connectivity index (χ1n) is 4.94. The molecule has 0 saturated carbocycles. The normalized spacial score (nSPS) is 12.8. The predicted molar refractivity (Wildman–Crippen MR) is 69.2 cm³/mol. The molecule has 1 unspecified atom stereocenters.